The number of rotatable bonds is 0. The summed E-state index contributed by atoms with van der Waals surface area (Å²) < 4.78 is 0. The van der Waals surface area contributed by atoms with E-state index in [0.717, 1.165) is 0 Å². The smallest absolute Gasteiger partial charge is 0.0381 e. The van der Waals surface area contributed by atoms with Crippen LogP contribution in [0.2, 0.25) is 0 Å². The van der Waals surface area contributed by atoms with Gasteiger partial charge in [0.05, 0.1) is 0 Å². The van der Waals surface area contributed by atoms with E-state index in [1.807, 2.05) is 11.8 Å². The summed E-state index contributed by atoms with van der Waals surface area (Å²) in [6, 6.07) is 0. The van der Waals surface area contributed by atoms with Gasteiger partial charge in [0.15, 0.2) is 0 Å². The zero-order valence-corrected chi connectivity index (χ0v) is 4.37. The highest BCUT2D eigenvalue weighted by atomic mass is 32.2. The van der Waals surface area contributed by atoms with Crippen LogP contribution in [0.25, 0.3) is 0 Å². The first-order chi connectivity index (χ1) is 3.00. The lowest BCUT2D eigenvalue weighted by Gasteiger charge is -1.97. The molecule has 0 saturated carbocycles. The van der Waals surface area contributed by atoms with Gasteiger partial charge in [-0.2, -0.15) is 11.8 Å². The molecule has 33 valence electrons. The quantitative estimate of drug-likeness (QED) is 0.446. The largest absolute Gasteiger partial charge is 0.153 e. The summed E-state index contributed by atoms with van der Waals surface area (Å²) in [5.74, 6) is 3.40. The molecular formula is C5H7S. The lowest BCUT2D eigenvalue weighted by molar-refractivity contribution is 1.23. The van der Waals surface area contributed by atoms with Crippen LogP contribution in [0.15, 0.2) is 12.2 Å². The van der Waals surface area contributed by atoms with E-state index in [9.17, 15) is 0 Å². The summed E-state index contributed by atoms with van der Waals surface area (Å²) >= 11 is 1.88. The molecule has 0 amide bonds. The van der Waals surface area contributed by atoms with Crippen LogP contribution in [0.1, 0.15) is 6.42 Å². The normalized spacial score (nSPS) is 21.3. The van der Waals surface area contributed by atoms with Gasteiger partial charge < -0.3 is 0 Å². The van der Waals surface area contributed by atoms with Crippen LogP contribution in [-0.2, 0) is 0 Å². The van der Waals surface area contributed by atoms with Crippen LogP contribution in [0.3, 0.4) is 0 Å². The summed E-state index contributed by atoms with van der Waals surface area (Å²) in [6.45, 7) is 0. The van der Waals surface area contributed by atoms with Crippen molar-refractivity contribution in [2.24, 2.45) is 0 Å². The molecule has 0 atom stereocenters. The number of hydrogen-bond donors (Lipinski definition) is 0. The molecule has 6 heavy (non-hydrogen) atoms. The predicted octanol–water partition coefficient (Wildman–Crippen LogP) is 1.84. The Morgan fingerprint density at radius 3 is 2.67 bits per heavy atom. The summed E-state index contributed by atoms with van der Waals surface area (Å²) in [4.78, 5) is 0. The highest BCUT2D eigenvalue weighted by Gasteiger charge is 1.87. The minimum absolute atomic E-state index is 1.25. The zero-order valence-electron chi connectivity index (χ0n) is 3.55. The van der Waals surface area contributed by atoms with Crippen molar-refractivity contribution >= 4 is 11.8 Å². The van der Waals surface area contributed by atoms with Crippen LogP contribution in [-0.4, -0.2) is 5.75 Å². The Morgan fingerprint density at radius 2 is 2.50 bits per heavy atom. The first kappa shape index (κ1) is 4.25. The molecule has 1 rings (SSSR count). The second-order valence-electron chi connectivity index (χ2n) is 1.22. The standard InChI is InChI=1S/C5H7S/c1-2-4-6-5-3-1/h1-2,4H,3,5H2. The van der Waals surface area contributed by atoms with E-state index in [-0.39, 0.29) is 0 Å². The zero-order chi connectivity index (χ0) is 4.24. The highest BCUT2D eigenvalue weighted by molar-refractivity contribution is 8.01. The number of hydrogen-bond acceptors (Lipinski definition) is 1. The number of thioether (sulfide) groups is 1. The van der Waals surface area contributed by atoms with Crippen molar-refractivity contribution in [3.63, 3.8) is 0 Å². The predicted molar refractivity (Wildman–Crippen MR) is 30.5 cm³/mol. The van der Waals surface area contributed by atoms with E-state index in [4.69, 9.17) is 0 Å². The minimum Gasteiger partial charge on any atom is -0.153 e. The van der Waals surface area contributed by atoms with Crippen LogP contribution in [0.4, 0.5) is 0 Å². The average molecular weight is 99.2 g/mol. The summed E-state index contributed by atoms with van der Waals surface area (Å²) in [5.41, 5.74) is 0. The third-order valence-corrected chi connectivity index (χ3v) is 1.53. The molecular weight excluding hydrogens is 92.1 g/mol. The summed E-state index contributed by atoms with van der Waals surface area (Å²) in [7, 11) is 0. The Bertz CT molecular complexity index is 49.0. The van der Waals surface area contributed by atoms with Crippen molar-refractivity contribution in [2.45, 2.75) is 6.42 Å². The van der Waals surface area contributed by atoms with E-state index in [1.54, 1.807) is 0 Å². The van der Waals surface area contributed by atoms with E-state index in [0.29, 0.717) is 0 Å². The van der Waals surface area contributed by atoms with Gasteiger partial charge in [0.25, 0.3) is 0 Å². The molecule has 0 aliphatic carbocycles. The SMILES string of the molecule is [CH]1C=CCCS1. The van der Waals surface area contributed by atoms with Crippen LogP contribution in [0, 0.1) is 5.75 Å². The molecule has 1 heteroatoms. The topological polar surface area (TPSA) is 0 Å². The first-order valence-electron chi connectivity index (χ1n) is 2.10. The van der Waals surface area contributed by atoms with Gasteiger partial charge in [-0.25, -0.2) is 0 Å². The van der Waals surface area contributed by atoms with Crippen LogP contribution in [0.5, 0.6) is 0 Å². The Labute approximate surface area is 42.6 Å². The van der Waals surface area contributed by atoms with Gasteiger partial charge in [-0.15, -0.1) is 0 Å². The van der Waals surface area contributed by atoms with Gasteiger partial charge in [-0.1, -0.05) is 12.2 Å². The lowest BCUT2D eigenvalue weighted by Crippen LogP contribution is -1.78. The Morgan fingerprint density at radius 1 is 1.50 bits per heavy atom. The second kappa shape index (κ2) is 2.30. The molecule has 1 aliphatic heterocycles. The van der Waals surface area contributed by atoms with E-state index < -0.39 is 0 Å². The molecule has 1 heterocycles. The molecule has 0 unspecified atom stereocenters. The van der Waals surface area contributed by atoms with Crippen molar-refractivity contribution in [1.29, 1.82) is 0 Å². The van der Waals surface area contributed by atoms with Gasteiger partial charge in [-0.05, 0) is 12.2 Å². The van der Waals surface area contributed by atoms with Crippen molar-refractivity contribution in [3.05, 3.63) is 17.9 Å². The third-order valence-electron chi connectivity index (χ3n) is 0.713. The molecule has 0 N–H and O–H groups in total. The third kappa shape index (κ3) is 1.05. The molecule has 0 aromatic heterocycles. The fourth-order valence-corrected chi connectivity index (χ4v) is 1.04. The molecule has 1 radical (unpaired) electrons. The summed E-state index contributed by atoms with van der Waals surface area (Å²) in [5, 5.41) is 0. The maximum atomic E-state index is 2.19. The molecule has 0 nitrogen and oxygen atoms in total. The molecule has 0 aromatic rings. The summed E-state index contributed by atoms with van der Waals surface area (Å²) in [6.07, 6.45) is 5.55. The Kier molecular flexibility index (Phi) is 1.63. The highest BCUT2D eigenvalue weighted by Crippen LogP contribution is 2.12. The maximum absolute atomic E-state index is 2.19. The van der Waals surface area contributed by atoms with E-state index in [2.05, 4.69) is 17.9 Å². The monoisotopic (exact) mass is 99.0 g/mol. The lowest BCUT2D eigenvalue weighted by atomic mass is 10.4. The van der Waals surface area contributed by atoms with Crippen molar-refractivity contribution in [2.75, 3.05) is 5.75 Å². The van der Waals surface area contributed by atoms with Crippen molar-refractivity contribution < 1.29 is 0 Å². The second-order valence-corrected chi connectivity index (χ2v) is 2.24. The minimum atomic E-state index is 1.25. The molecule has 0 fully saturated rings. The maximum Gasteiger partial charge on any atom is 0.0381 e. The van der Waals surface area contributed by atoms with Gasteiger partial charge in [-0.3, -0.25) is 0 Å². The molecule has 0 aromatic carbocycles. The van der Waals surface area contributed by atoms with Gasteiger partial charge in [0.2, 0.25) is 0 Å². The van der Waals surface area contributed by atoms with E-state index in [1.165, 1.54) is 12.2 Å². The molecule has 0 bridgehead atoms. The molecule has 0 saturated heterocycles. The van der Waals surface area contributed by atoms with Gasteiger partial charge in [0.1, 0.15) is 0 Å². The Hall–Kier alpha value is 0.0900. The number of allylic oxidation sites excluding steroid dienone is 1. The Balaban J connectivity index is 2.26. The van der Waals surface area contributed by atoms with Crippen LogP contribution < -0.4 is 0 Å². The molecule has 0 spiro atoms. The average Bonchev–Trinajstić information content (AvgIpc) is 1.72. The van der Waals surface area contributed by atoms with Crippen LogP contribution >= 0.6 is 11.8 Å². The fourth-order valence-electron chi connectivity index (χ4n) is 0.411. The van der Waals surface area contributed by atoms with Crippen molar-refractivity contribution in [1.82, 2.24) is 0 Å². The van der Waals surface area contributed by atoms with E-state index >= 15 is 0 Å². The fraction of sp³-hybridized carbons (Fsp3) is 0.400. The van der Waals surface area contributed by atoms with Gasteiger partial charge in [0, 0.05) is 5.75 Å². The first-order valence-corrected chi connectivity index (χ1v) is 3.15. The van der Waals surface area contributed by atoms with Gasteiger partial charge >= 0.3 is 0 Å². The molecule has 1 aliphatic rings. The van der Waals surface area contributed by atoms with Crippen molar-refractivity contribution in [3.8, 4) is 0 Å².